The summed E-state index contributed by atoms with van der Waals surface area (Å²) >= 11 is 6.18. The van der Waals surface area contributed by atoms with Crippen molar-refractivity contribution in [2.75, 3.05) is 12.4 Å². The molecular formula is C20H19ClN4O2. The molecule has 0 fully saturated rings. The van der Waals surface area contributed by atoms with Crippen LogP contribution in [-0.4, -0.2) is 27.8 Å². The second kappa shape index (κ2) is 7.40. The number of benzene rings is 1. The number of fused-ring (bicyclic) bond motifs is 1. The minimum absolute atomic E-state index is 0.246. The number of rotatable bonds is 4. The van der Waals surface area contributed by atoms with Crippen LogP contribution in [0.5, 0.6) is 5.75 Å². The molecule has 0 unspecified atom stereocenters. The lowest BCUT2D eigenvalue weighted by Crippen LogP contribution is -2.15. The van der Waals surface area contributed by atoms with Crippen molar-refractivity contribution in [3.05, 3.63) is 59.0 Å². The Morgan fingerprint density at radius 1 is 1.19 bits per heavy atom. The molecule has 0 aliphatic carbocycles. The van der Waals surface area contributed by atoms with Gasteiger partial charge in [-0.1, -0.05) is 17.7 Å². The molecule has 3 aromatic rings. The molecule has 4 rings (SSSR count). The van der Waals surface area contributed by atoms with Gasteiger partial charge in [-0.15, -0.1) is 0 Å². The van der Waals surface area contributed by atoms with Gasteiger partial charge in [0.15, 0.2) is 5.69 Å². The fourth-order valence-electron chi connectivity index (χ4n) is 3.19. The molecule has 27 heavy (non-hydrogen) atoms. The van der Waals surface area contributed by atoms with Crippen LogP contribution in [0.1, 0.15) is 29.0 Å². The molecule has 2 aromatic heterocycles. The van der Waals surface area contributed by atoms with E-state index in [2.05, 4.69) is 15.4 Å². The van der Waals surface area contributed by atoms with Crippen molar-refractivity contribution in [2.24, 2.45) is 0 Å². The maximum Gasteiger partial charge on any atom is 0.277 e. The molecule has 0 bridgehead atoms. The van der Waals surface area contributed by atoms with Crippen molar-refractivity contribution in [1.82, 2.24) is 14.8 Å². The Morgan fingerprint density at radius 3 is 2.74 bits per heavy atom. The quantitative estimate of drug-likeness (QED) is 0.734. The molecule has 1 aromatic carbocycles. The first kappa shape index (κ1) is 17.5. The number of methoxy groups -OCH3 is 1. The smallest absolute Gasteiger partial charge is 0.277 e. The average molecular weight is 383 g/mol. The Hall–Kier alpha value is -2.86. The first-order chi connectivity index (χ1) is 13.1. The molecule has 0 radical (unpaired) electrons. The summed E-state index contributed by atoms with van der Waals surface area (Å²) in [6, 6.07) is 11.1. The largest absolute Gasteiger partial charge is 0.495 e. The number of hydrogen-bond donors (Lipinski definition) is 1. The SMILES string of the molecule is COc1ccc(-c2ccc(NC(=O)c3cc4n(n3)CCCC4)nc2)cc1Cl. The molecule has 1 amide bonds. The van der Waals surface area contributed by atoms with Gasteiger partial charge in [0.05, 0.1) is 12.1 Å². The minimum atomic E-state index is -0.246. The molecule has 0 saturated carbocycles. The molecule has 0 spiro atoms. The molecule has 0 atom stereocenters. The predicted molar refractivity (Wildman–Crippen MR) is 104 cm³/mol. The van der Waals surface area contributed by atoms with E-state index in [4.69, 9.17) is 16.3 Å². The van der Waals surface area contributed by atoms with Crippen molar-refractivity contribution in [3.63, 3.8) is 0 Å². The van der Waals surface area contributed by atoms with Gasteiger partial charge < -0.3 is 10.1 Å². The van der Waals surface area contributed by atoms with E-state index in [9.17, 15) is 4.79 Å². The third-order valence-electron chi connectivity index (χ3n) is 4.64. The number of nitrogens with one attached hydrogen (secondary N) is 1. The zero-order chi connectivity index (χ0) is 18.8. The van der Waals surface area contributed by atoms with E-state index in [1.54, 1.807) is 19.4 Å². The Morgan fingerprint density at radius 2 is 2.04 bits per heavy atom. The molecular weight excluding hydrogens is 364 g/mol. The molecule has 6 nitrogen and oxygen atoms in total. The Bertz CT molecular complexity index is 959. The molecule has 138 valence electrons. The highest BCUT2D eigenvalue weighted by atomic mass is 35.5. The van der Waals surface area contributed by atoms with Gasteiger partial charge in [-0.3, -0.25) is 9.48 Å². The summed E-state index contributed by atoms with van der Waals surface area (Å²) in [7, 11) is 1.58. The van der Waals surface area contributed by atoms with E-state index in [0.29, 0.717) is 22.3 Å². The summed E-state index contributed by atoms with van der Waals surface area (Å²) < 4.78 is 7.09. The maximum absolute atomic E-state index is 12.4. The van der Waals surface area contributed by atoms with Gasteiger partial charge in [0.2, 0.25) is 0 Å². The third-order valence-corrected chi connectivity index (χ3v) is 4.93. The number of carbonyl (C=O) groups is 1. The van der Waals surface area contributed by atoms with Gasteiger partial charge in [-0.05, 0) is 55.2 Å². The Balaban J connectivity index is 1.48. The second-order valence-corrected chi connectivity index (χ2v) is 6.84. The van der Waals surface area contributed by atoms with Gasteiger partial charge in [0.25, 0.3) is 5.91 Å². The maximum atomic E-state index is 12.4. The van der Waals surface area contributed by atoms with E-state index < -0.39 is 0 Å². The van der Waals surface area contributed by atoms with Crippen LogP contribution < -0.4 is 10.1 Å². The molecule has 0 saturated heterocycles. The number of pyridine rings is 1. The lowest BCUT2D eigenvalue weighted by Gasteiger charge is -2.11. The summed E-state index contributed by atoms with van der Waals surface area (Å²) in [5.41, 5.74) is 3.37. The zero-order valence-electron chi connectivity index (χ0n) is 14.9. The zero-order valence-corrected chi connectivity index (χ0v) is 15.7. The summed E-state index contributed by atoms with van der Waals surface area (Å²) in [5.74, 6) is 0.860. The highest BCUT2D eigenvalue weighted by Gasteiger charge is 2.17. The number of carbonyl (C=O) groups excluding carboxylic acids is 1. The number of halogens is 1. The summed E-state index contributed by atoms with van der Waals surface area (Å²) in [6.45, 7) is 0.875. The number of aromatic nitrogens is 3. The van der Waals surface area contributed by atoms with E-state index >= 15 is 0 Å². The van der Waals surface area contributed by atoms with Crippen LogP contribution in [0, 0.1) is 0 Å². The summed E-state index contributed by atoms with van der Waals surface area (Å²) in [4.78, 5) is 16.8. The van der Waals surface area contributed by atoms with Crippen molar-refractivity contribution >= 4 is 23.3 Å². The van der Waals surface area contributed by atoms with Gasteiger partial charge in [-0.2, -0.15) is 5.10 Å². The number of hydrogen-bond acceptors (Lipinski definition) is 4. The lowest BCUT2D eigenvalue weighted by molar-refractivity contribution is 0.102. The number of aryl methyl sites for hydroxylation is 2. The van der Waals surface area contributed by atoms with Crippen LogP contribution in [-0.2, 0) is 13.0 Å². The number of nitrogens with zero attached hydrogens (tertiary/aromatic N) is 3. The van der Waals surface area contributed by atoms with E-state index in [1.165, 1.54) is 0 Å². The number of anilines is 1. The third kappa shape index (κ3) is 3.66. The topological polar surface area (TPSA) is 69.0 Å². The first-order valence-electron chi connectivity index (χ1n) is 8.82. The van der Waals surface area contributed by atoms with Gasteiger partial charge in [0, 0.05) is 24.0 Å². The van der Waals surface area contributed by atoms with Gasteiger partial charge in [0.1, 0.15) is 11.6 Å². The Labute approximate surface area is 162 Å². The second-order valence-electron chi connectivity index (χ2n) is 6.44. The van der Waals surface area contributed by atoms with Crippen molar-refractivity contribution in [2.45, 2.75) is 25.8 Å². The molecule has 1 N–H and O–H groups in total. The molecule has 7 heteroatoms. The number of amides is 1. The fourth-order valence-corrected chi connectivity index (χ4v) is 3.45. The van der Waals surface area contributed by atoms with Crippen molar-refractivity contribution in [3.8, 4) is 16.9 Å². The molecule has 3 heterocycles. The summed E-state index contributed by atoms with van der Waals surface area (Å²) in [6.07, 6.45) is 4.92. The molecule has 1 aliphatic rings. The van der Waals surface area contributed by atoms with Crippen LogP contribution in [0.2, 0.25) is 5.02 Å². The highest BCUT2D eigenvalue weighted by Crippen LogP contribution is 2.30. The van der Waals surface area contributed by atoms with E-state index in [1.807, 2.05) is 35.0 Å². The van der Waals surface area contributed by atoms with Crippen LogP contribution in [0.15, 0.2) is 42.6 Å². The number of ether oxygens (including phenoxy) is 1. The van der Waals surface area contributed by atoms with Crippen LogP contribution in [0.25, 0.3) is 11.1 Å². The van der Waals surface area contributed by atoms with Crippen LogP contribution in [0.4, 0.5) is 5.82 Å². The fraction of sp³-hybridized carbons (Fsp3) is 0.250. The van der Waals surface area contributed by atoms with E-state index in [0.717, 1.165) is 42.6 Å². The standard InChI is InChI=1S/C20H19ClN4O2/c1-27-18-7-5-13(10-16(18)21)14-6-8-19(22-12-14)23-20(26)17-11-15-4-2-3-9-25(15)24-17/h5-8,10-12H,2-4,9H2,1H3,(H,22,23,26). The van der Waals surface area contributed by atoms with E-state index in [-0.39, 0.29) is 5.91 Å². The predicted octanol–water partition coefficient (Wildman–Crippen LogP) is 4.20. The van der Waals surface area contributed by atoms with Crippen molar-refractivity contribution < 1.29 is 9.53 Å². The highest BCUT2D eigenvalue weighted by molar-refractivity contribution is 6.32. The Kier molecular flexibility index (Phi) is 4.81. The lowest BCUT2D eigenvalue weighted by atomic mass is 10.1. The summed E-state index contributed by atoms with van der Waals surface area (Å²) in [5, 5.41) is 7.73. The molecule has 1 aliphatic heterocycles. The monoisotopic (exact) mass is 382 g/mol. The van der Waals surface area contributed by atoms with Crippen LogP contribution in [0.3, 0.4) is 0 Å². The normalized spacial score (nSPS) is 13.1. The van der Waals surface area contributed by atoms with Crippen molar-refractivity contribution in [1.29, 1.82) is 0 Å². The first-order valence-corrected chi connectivity index (χ1v) is 9.20. The average Bonchev–Trinajstić information content (AvgIpc) is 3.13. The van der Waals surface area contributed by atoms with Crippen LogP contribution >= 0.6 is 11.6 Å². The minimum Gasteiger partial charge on any atom is -0.495 e. The van der Waals surface area contributed by atoms with Gasteiger partial charge >= 0.3 is 0 Å². The van der Waals surface area contributed by atoms with Gasteiger partial charge in [-0.25, -0.2) is 4.98 Å².